The van der Waals surface area contributed by atoms with Gasteiger partial charge in [-0.15, -0.1) is 11.3 Å². The van der Waals surface area contributed by atoms with E-state index in [0.29, 0.717) is 5.92 Å². The quantitative estimate of drug-likeness (QED) is 0.267. The smallest absolute Gasteiger partial charge is 0.0880 e. The summed E-state index contributed by atoms with van der Waals surface area (Å²) in [5.41, 5.74) is 7.83. The second kappa shape index (κ2) is 8.11. The van der Waals surface area contributed by atoms with E-state index in [1.54, 1.807) is 0 Å². The summed E-state index contributed by atoms with van der Waals surface area (Å²) >= 11 is 1.87. The van der Waals surface area contributed by atoms with Crippen molar-refractivity contribution in [1.82, 2.24) is 4.98 Å². The van der Waals surface area contributed by atoms with Crippen LogP contribution >= 0.6 is 11.3 Å². The van der Waals surface area contributed by atoms with Gasteiger partial charge in [-0.2, -0.15) is 0 Å². The van der Waals surface area contributed by atoms with Crippen LogP contribution in [0.3, 0.4) is 0 Å². The van der Waals surface area contributed by atoms with Gasteiger partial charge in [-0.25, -0.2) is 0 Å². The van der Waals surface area contributed by atoms with E-state index in [1.807, 2.05) is 17.5 Å². The highest BCUT2D eigenvalue weighted by atomic mass is 32.1. The Morgan fingerprint density at radius 2 is 1.55 bits per heavy atom. The van der Waals surface area contributed by atoms with E-state index in [9.17, 15) is 0 Å². The van der Waals surface area contributed by atoms with Crippen LogP contribution in [-0.4, -0.2) is 4.98 Å². The normalized spacial score (nSPS) is 12.2. The molecular weight excluding hydrogens is 418 g/mol. The molecule has 0 N–H and O–H groups in total. The van der Waals surface area contributed by atoms with Crippen LogP contribution in [0.1, 0.15) is 57.2 Å². The van der Waals surface area contributed by atoms with E-state index >= 15 is 0 Å². The maximum absolute atomic E-state index is 4.89. The summed E-state index contributed by atoms with van der Waals surface area (Å²) in [5, 5.41) is 3.92. The highest BCUT2D eigenvalue weighted by molar-refractivity contribution is 7.23. The Bertz CT molecular complexity index is 1460. The molecule has 0 saturated heterocycles. The molecule has 0 radical (unpaired) electrons. The molecule has 0 aliphatic carbocycles. The Hall–Kier alpha value is -2.97. The average molecular weight is 450 g/mol. The van der Waals surface area contributed by atoms with Crippen molar-refractivity contribution in [3.05, 3.63) is 89.6 Å². The summed E-state index contributed by atoms with van der Waals surface area (Å²) in [5.74, 6) is 0.455. The van der Waals surface area contributed by atoms with Crippen molar-refractivity contribution in [1.29, 1.82) is 0 Å². The van der Waals surface area contributed by atoms with Crippen molar-refractivity contribution < 1.29 is 0 Å². The van der Waals surface area contributed by atoms with Crippen LogP contribution in [0.2, 0.25) is 0 Å². The van der Waals surface area contributed by atoms with Gasteiger partial charge in [0.1, 0.15) is 0 Å². The number of fused-ring (bicyclic) bond motifs is 2. The van der Waals surface area contributed by atoms with E-state index in [4.69, 9.17) is 4.98 Å². The fourth-order valence-corrected chi connectivity index (χ4v) is 6.02. The Balaban J connectivity index is 1.69. The predicted molar refractivity (Wildman–Crippen MR) is 146 cm³/mol. The van der Waals surface area contributed by atoms with Gasteiger partial charge in [-0.3, -0.25) is 4.98 Å². The fraction of sp³-hybridized carbons (Fsp3) is 0.258. The molecule has 3 aromatic carbocycles. The van der Waals surface area contributed by atoms with Crippen LogP contribution in [0.5, 0.6) is 0 Å². The maximum Gasteiger partial charge on any atom is 0.0880 e. The topological polar surface area (TPSA) is 12.9 Å². The van der Waals surface area contributed by atoms with Gasteiger partial charge in [0, 0.05) is 16.6 Å². The van der Waals surface area contributed by atoms with Crippen LogP contribution in [0.15, 0.2) is 72.9 Å². The number of pyridine rings is 1. The number of rotatable bonds is 3. The van der Waals surface area contributed by atoms with Gasteiger partial charge in [-0.05, 0) is 74.9 Å². The molecule has 0 bridgehead atoms. The van der Waals surface area contributed by atoms with Crippen molar-refractivity contribution in [2.24, 2.45) is 0 Å². The summed E-state index contributed by atoms with van der Waals surface area (Å²) in [4.78, 5) is 6.23. The zero-order valence-corrected chi connectivity index (χ0v) is 21.2. The van der Waals surface area contributed by atoms with Crippen LogP contribution in [0, 0.1) is 6.92 Å². The van der Waals surface area contributed by atoms with Gasteiger partial charge in [0.05, 0.1) is 10.4 Å². The summed E-state index contributed by atoms with van der Waals surface area (Å²) in [6, 6.07) is 24.6. The second-order valence-corrected chi connectivity index (χ2v) is 11.4. The van der Waals surface area contributed by atoms with Crippen molar-refractivity contribution in [3.63, 3.8) is 0 Å². The summed E-state index contributed by atoms with van der Waals surface area (Å²) in [6.07, 6.45) is 1.97. The first-order chi connectivity index (χ1) is 15.7. The average Bonchev–Trinajstić information content (AvgIpc) is 3.14. The highest BCUT2D eigenvalue weighted by Crippen LogP contribution is 2.43. The molecule has 2 aromatic heterocycles. The molecule has 0 saturated carbocycles. The standard InChI is InChI=1S/C31H31NS/c1-19(2)27-18-23(17-22-9-7-8-10-26(22)27)28-30-25(15-16-32-28)20(3)29(33-30)21-11-13-24(14-12-21)31(4,5)6/h7-19H,1-6H3. The minimum Gasteiger partial charge on any atom is -0.255 e. The Morgan fingerprint density at radius 1 is 0.818 bits per heavy atom. The van der Waals surface area contributed by atoms with Crippen LogP contribution in [-0.2, 0) is 5.41 Å². The number of hydrogen-bond acceptors (Lipinski definition) is 2. The number of hydrogen-bond donors (Lipinski definition) is 0. The molecule has 166 valence electrons. The molecule has 0 aliphatic rings. The molecule has 1 nitrogen and oxygen atoms in total. The molecule has 0 amide bonds. The highest BCUT2D eigenvalue weighted by Gasteiger charge is 2.18. The van der Waals surface area contributed by atoms with E-state index < -0.39 is 0 Å². The van der Waals surface area contributed by atoms with E-state index in [1.165, 1.54) is 53.6 Å². The molecule has 33 heavy (non-hydrogen) atoms. The van der Waals surface area contributed by atoms with Gasteiger partial charge in [0.15, 0.2) is 0 Å². The third-order valence-electron chi connectivity index (χ3n) is 6.66. The minimum atomic E-state index is 0.162. The third-order valence-corrected chi connectivity index (χ3v) is 8.02. The van der Waals surface area contributed by atoms with E-state index in [-0.39, 0.29) is 5.41 Å². The van der Waals surface area contributed by atoms with Crippen molar-refractivity contribution in [2.45, 2.75) is 52.9 Å². The van der Waals surface area contributed by atoms with Crippen LogP contribution < -0.4 is 0 Å². The van der Waals surface area contributed by atoms with Gasteiger partial charge < -0.3 is 0 Å². The number of aryl methyl sites for hydroxylation is 1. The lowest BCUT2D eigenvalue weighted by Crippen LogP contribution is -2.10. The van der Waals surface area contributed by atoms with E-state index in [0.717, 1.165) is 5.69 Å². The molecule has 5 rings (SSSR count). The zero-order chi connectivity index (χ0) is 23.3. The van der Waals surface area contributed by atoms with Crippen LogP contribution in [0.4, 0.5) is 0 Å². The summed E-state index contributed by atoms with van der Waals surface area (Å²) in [6.45, 7) is 13.6. The molecule has 0 unspecified atom stereocenters. The molecule has 2 heteroatoms. The molecule has 0 atom stereocenters. The van der Waals surface area contributed by atoms with Gasteiger partial charge in [0.2, 0.25) is 0 Å². The van der Waals surface area contributed by atoms with Crippen LogP contribution in [0.25, 0.3) is 42.6 Å². The molecular formula is C31H31NS. The zero-order valence-electron chi connectivity index (χ0n) is 20.4. The van der Waals surface area contributed by atoms with Crippen molar-refractivity contribution in [3.8, 4) is 21.7 Å². The number of aromatic nitrogens is 1. The first kappa shape index (κ1) is 21.9. The first-order valence-electron chi connectivity index (χ1n) is 11.8. The van der Waals surface area contributed by atoms with Gasteiger partial charge >= 0.3 is 0 Å². The van der Waals surface area contributed by atoms with Crippen molar-refractivity contribution >= 4 is 32.2 Å². The predicted octanol–water partition coefficient (Wildman–Crippen LogP) is 9.51. The Morgan fingerprint density at radius 3 is 2.24 bits per heavy atom. The lowest BCUT2D eigenvalue weighted by atomic mass is 9.86. The number of nitrogens with zero attached hydrogens (tertiary/aromatic N) is 1. The molecule has 5 aromatic rings. The van der Waals surface area contributed by atoms with Gasteiger partial charge in [-0.1, -0.05) is 83.1 Å². The summed E-state index contributed by atoms with van der Waals surface area (Å²) in [7, 11) is 0. The third kappa shape index (κ3) is 3.87. The molecule has 0 spiro atoms. The number of benzene rings is 3. The lowest BCUT2D eigenvalue weighted by molar-refractivity contribution is 0.590. The lowest BCUT2D eigenvalue weighted by Gasteiger charge is -2.19. The van der Waals surface area contributed by atoms with E-state index in [2.05, 4.69) is 108 Å². The second-order valence-electron chi connectivity index (χ2n) is 10.4. The maximum atomic E-state index is 4.89. The minimum absolute atomic E-state index is 0.162. The van der Waals surface area contributed by atoms with Crippen molar-refractivity contribution in [2.75, 3.05) is 0 Å². The monoisotopic (exact) mass is 449 g/mol. The molecule has 0 aliphatic heterocycles. The largest absolute Gasteiger partial charge is 0.255 e. The SMILES string of the molecule is Cc1c(-c2ccc(C(C)(C)C)cc2)sc2c(-c3cc(C(C)C)c4ccccc4c3)nccc12. The number of thiophene rings is 1. The fourth-order valence-electron chi connectivity index (χ4n) is 4.71. The molecule has 0 fully saturated rings. The van der Waals surface area contributed by atoms with Gasteiger partial charge in [0.25, 0.3) is 0 Å². The Kier molecular flexibility index (Phi) is 5.37. The Labute approximate surface area is 201 Å². The molecule has 2 heterocycles. The summed E-state index contributed by atoms with van der Waals surface area (Å²) < 4.78 is 1.27. The first-order valence-corrected chi connectivity index (χ1v) is 12.6.